The van der Waals surface area contributed by atoms with E-state index in [1.807, 2.05) is 0 Å². The number of ether oxygens (including phenoxy) is 2. The van der Waals surface area contributed by atoms with E-state index in [1.54, 1.807) is 20.8 Å². The van der Waals surface area contributed by atoms with Crippen LogP contribution in [-0.2, 0) is 9.53 Å². The third-order valence-corrected chi connectivity index (χ3v) is 3.62. The van der Waals surface area contributed by atoms with E-state index in [9.17, 15) is 18.4 Å². The molecule has 0 spiro atoms. The van der Waals surface area contributed by atoms with Crippen LogP contribution in [-0.4, -0.2) is 52.9 Å². The first-order chi connectivity index (χ1) is 12.0. The molecule has 0 aromatic heterocycles. The third kappa shape index (κ3) is 5.47. The first-order valence-corrected chi connectivity index (χ1v) is 8.01. The van der Waals surface area contributed by atoms with Crippen molar-refractivity contribution in [2.24, 2.45) is 0 Å². The zero-order valence-electron chi connectivity index (χ0n) is 14.8. The van der Waals surface area contributed by atoms with E-state index in [1.165, 1.54) is 29.2 Å². The second-order valence-corrected chi connectivity index (χ2v) is 7.22. The largest absolute Gasteiger partial charge is 0.481 e. The summed E-state index contributed by atoms with van der Waals surface area (Å²) < 4.78 is 33.9. The summed E-state index contributed by atoms with van der Waals surface area (Å²) >= 11 is 0. The van der Waals surface area contributed by atoms with Gasteiger partial charge >= 0.3 is 18.7 Å². The van der Waals surface area contributed by atoms with Crippen LogP contribution in [0.1, 0.15) is 27.2 Å². The minimum absolute atomic E-state index is 0.00169. The Balaban J connectivity index is 2.03. The SMILES string of the molecule is CC(C)(C)OC(=O)N1CC(CC(=O)O)(Nc2ccc(OC(F)F)cc2)C1. The highest BCUT2D eigenvalue weighted by Crippen LogP contribution is 2.31. The lowest BCUT2D eigenvalue weighted by Gasteiger charge is -2.50. The molecule has 1 saturated heterocycles. The van der Waals surface area contributed by atoms with Gasteiger partial charge in [-0.05, 0) is 45.0 Å². The van der Waals surface area contributed by atoms with Crippen LogP contribution in [0.3, 0.4) is 0 Å². The van der Waals surface area contributed by atoms with Crippen LogP contribution in [0.15, 0.2) is 24.3 Å². The number of carboxylic acid groups (broad SMARTS) is 1. The molecule has 2 rings (SSSR count). The second kappa shape index (κ2) is 7.35. The predicted molar refractivity (Wildman–Crippen MR) is 89.5 cm³/mol. The Morgan fingerprint density at radius 1 is 1.27 bits per heavy atom. The molecular weight excluding hydrogens is 350 g/mol. The van der Waals surface area contributed by atoms with Crippen molar-refractivity contribution in [3.8, 4) is 5.75 Å². The molecule has 0 bridgehead atoms. The Kier molecular flexibility index (Phi) is 5.58. The van der Waals surface area contributed by atoms with Crippen molar-refractivity contribution in [3.05, 3.63) is 24.3 Å². The van der Waals surface area contributed by atoms with Crippen molar-refractivity contribution in [2.45, 2.75) is 44.9 Å². The van der Waals surface area contributed by atoms with Gasteiger partial charge in [-0.25, -0.2) is 4.79 Å². The van der Waals surface area contributed by atoms with Crippen LogP contribution < -0.4 is 10.1 Å². The number of benzene rings is 1. The molecule has 9 heteroatoms. The molecule has 0 radical (unpaired) electrons. The summed E-state index contributed by atoms with van der Waals surface area (Å²) in [5, 5.41) is 12.2. The molecule has 7 nitrogen and oxygen atoms in total. The van der Waals surface area contributed by atoms with Gasteiger partial charge in [-0.2, -0.15) is 8.78 Å². The number of likely N-dealkylation sites (tertiary alicyclic amines) is 1. The quantitative estimate of drug-likeness (QED) is 0.798. The summed E-state index contributed by atoms with van der Waals surface area (Å²) in [6.45, 7) is 2.64. The standard InChI is InChI=1S/C17H22F2N2O5/c1-16(2,3)26-15(24)21-9-17(10-21,8-13(22)23)20-11-4-6-12(7-5-11)25-14(18)19/h4-7,14,20H,8-10H2,1-3H3,(H,22,23). The summed E-state index contributed by atoms with van der Waals surface area (Å²) in [6.07, 6.45) is -0.720. The van der Waals surface area contributed by atoms with Gasteiger partial charge in [0, 0.05) is 18.8 Å². The maximum absolute atomic E-state index is 12.2. The number of rotatable bonds is 6. The van der Waals surface area contributed by atoms with E-state index in [4.69, 9.17) is 9.84 Å². The number of nitrogens with one attached hydrogen (secondary N) is 1. The van der Waals surface area contributed by atoms with Gasteiger partial charge in [-0.3, -0.25) is 4.79 Å². The number of carbonyl (C=O) groups is 2. The van der Waals surface area contributed by atoms with E-state index >= 15 is 0 Å². The maximum Gasteiger partial charge on any atom is 0.410 e. The Hall–Kier alpha value is -2.58. The zero-order valence-corrected chi connectivity index (χ0v) is 14.8. The minimum atomic E-state index is -2.92. The lowest BCUT2D eigenvalue weighted by molar-refractivity contribution is -0.139. The van der Waals surface area contributed by atoms with Crippen LogP contribution in [0.5, 0.6) is 5.75 Å². The van der Waals surface area contributed by atoms with Crippen molar-refractivity contribution in [2.75, 3.05) is 18.4 Å². The fourth-order valence-corrected chi connectivity index (χ4v) is 2.69. The average molecular weight is 372 g/mol. The summed E-state index contributed by atoms with van der Waals surface area (Å²) in [5.41, 5.74) is -0.957. The predicted octanol–water partition coefficient (Wildman–Crippen LogP) is 3.16. The average Bonchev–Trinajstić information content (AvgIpc) is 2.43. The number of carboxylic acids is 1. The van der Waals surface area contributed by atoms with E-state index in [0.717, 1.165) is 0 Å². The second-order valence-electron chi connectivity index (χ2n) is 7.22. The Labute approximate surface area is 149 Å². The summed E-state index contributed by atoms with van der Waals surface area (Å²) in [7, 11) is 0. The molecule has 144 valence electrons. The molecule has 1 aromatic carbocycles. The van der Waals surface area contributed by atoms with Gasteiger partial charge in [0.05, 0.1) is 12.0 Å². The van der Waals surface area contributed by atoms with E-state index < -0.39 is 29.8 Å². The molecule has 0 unspecified atom stereocenters. The molecule has 26 heavy (non-hydrogen) atoms. The van der Waals surface area contributed by atoms with Gasteiger partial charge in [-0.1, -0.05) is 0 Å². The molecule has 1 aliphatic heterocycles. The first-order valence-electron chi connectivity index (χ1n) is 8.01. The van der Waals surface area contributed by atoms with Crippen LogP contribution in [0.25, 0.3) is 0 Å². The topological polar surface area (TPSA) is 88.1 Å². The molecule has 1 aromatic rings. The molecule has 2 N–H and O–H groups in total. The number of aliphatic carboxylic acids is 1. The normalized spacial score (nSPS) is 16.0. The highest BCUT2D eigenvalue weighted by Gasteiger charge is 2.48. The minimum Gasteiger partial charge on any atom is -0.481 e. The lowest BCUT2D eigenvalue weighted by Crippen LogP contribution is -2.68. The smallest absolute Gasteiger partial charge is 0.410 e. The fraction of sp³-hybridized carbons (Fsp3) is 0.529. The number of anilines is 1. The van der Waals surface area contributed by atoms with Gasteiger partial charge in [0.15, 0.2) is 0 Å². The van der Waals surface area contributed by atoms with Gasteiger partial charge in [0.1, 0.15) is 11.4 Å². The number of hydrogen-bond acceptors (Lipinski definition) is 5. The number of amides is 1. The van der Waals surface area contributed by atoms with Crippen molar-refractivity contribution >= 4 is 17.7 Å². The van der Waals surface area contributed by atoms with Crippen molar-refractivity contribution in [1.29, 1.82) is 0 Å². The van der Waals surface area contributed by atoms with Gasteiger partial charge in [0.25, 0.3) is 0 Å². The van der Waals surface area contributed by atoms with Crippen LogP contribution >= 0.6 is 0 Å². The van der Waals surface area contributed by atoms with Crippen molar-refractivity contribution in [1.82, 2.24) is 4.90 Å². The Morgan fingerprint density at radius 3 is 2.31 bits per heavy atom. The number of halogens is 2. The molecule has 0 aliphatic carbocycles. The van der Waals surface area contributed by atoms with Crippen molar-refractivity contribution < 1.29 is 33.0 Å². The molecule has 0 atom stereocenters. The summed E-state index contributed by atoms with van der Waals surface area (Å²) in [6, 6.07) is 5.73. The number of nitrogens with zero attached hydrogens (tertiary/aromatic N) is 1. The number of alkyl halides is 2. The van der Waals surface area contributed by atoms with Gasteiger partial charge in [0.2, 0.25) is 0 Å². The molecule has 0 saturated carbocycles. The molecule has 1 fully saturated rings. The highest BCUT2D eigenvalue weighted by atomic mass is 19.3. The van der Waals surface area contributed by atoms with Crippen LogP contribution in [0, 0.1) is 0 Å². The van der Waals surface area contributed by atoms with Gasteiger partial charge < -0.3 is 24.8 Å². The Morgan fingerprint density at radius 2 is 1.85 bits per heavy atom. The third-order valence-electron chi connectivity index (χ3n) is 3.62. The lowest BCUT2D eigenvalue weighted by atomic mass is 9.86. The van der Waals surface area contributed by atoms with E-state index in [2.05, 4.69) is 10.1 Å². The Bertz CT molecular complexity index is 652. The fourth-order valence-electron chi connectivity index (χ4n) is 2.69. The number of hydrogen-bond donors (Lipinski definition) is 2. The van der Waals surface area contributed by atoms with E-state index in [0.29, 0.717) is 5.69 Å². The molecule has 1 heterocycles. The highest BCUT2D eigenvalue weighted by molar-refractivity contribution is 5.74. The number of carbonyl (C=O) groups excluding carboxylic acids is 1. The summed E-state index contributed by atoms with van der Waals surface area (Å²) in [5.74, 6) is -1.01. The zero-order chi connectivity index (χ0) is 19.5. The van der Waals surface area contributed by atoms with Gasteiger partial charge in [-0.15, -0.1) is 0 Å². The molecular formula is C17H22F2N2O5. The first kappa shape index (κ1) is 19.7. The molecule has 1 aliphatic rings. The van der Waals surface area contributed by atoms with Crippen LogP contribution in [0.4, 0.5) is 19.3 Å². The van der Waals surface area contributed by atoms with Crippen LogP contribution in [0.2, 0.25) is 0 Å². The maximum atomic E-state index is 12.2. The van der Waals surface area contributed by atoms with E-state index in [-0.39, 0.29) is 25.3 Å². The monoisotopic (exact) mass is 372 g/mol. The van der Waals surface area contributed by atoms with Crippen molar-refractivity contribution in [3.63, 3.8) is 0 Å². The molecule has 1 amide bonds. The summed E-state index contributed by atoms with van der Waals surface area (Å²) in [4.78, 5) is 24.7.